The van der Waals surface area contributed by atoms with Gasteiger partial charge in [-0.3, -0.25) is 0 Å². The lowest BCUT2D eigenvalue weighted by molar-refractivity contribution is -0.139. The monoisotopic (exact) mass is 361 g/mol. The van der Waals surface area contributed by atoms with E-state index >= 15 is 0 Å². The number of hydrogen-bond donors (Lipinski definition) is 2. The van der Waals surface area contributed by atoms with E-state index in [2.05, 4.69) is 21.2 Å². The Morgan fingerprint density at radius 1 is 1.43 bits per heavy atom. The topological polar surface area (TPSA) is 75.6 Å². The second-order valence-electron chi connectivity index (χ2n) is 5.48. The van der Waals surface area contributed by atoms with Gasteiger partial charge in [0.25, 0.3) is 0 Å². The zero-order valence-corrected chi connectivity index (χ0v) is 13.5. The first kappa shape index (κ1) is 17.4. The van der Waals surface area contributed by atoms with Crippen molar-refractivity contribution in [3.05, 3.63) is 34.1 Å². The minimum Gasteiger partial charge on any atom is -0.480 e. The van der Waals surface area contributed by atoms with Crippen LogP contribution in [-0.2, 0) is 16.0 Å². The van der Waals surface area contributed by atoms with Crippen LogP contribution in [0.5, 0.6) is 0 Å². The molecular formula is C14H17BrFNO4. The molecule has 0 bridgehead atoms. The van der Waals surface area contributed by atoms with E-state index in [-0.39, 0.29) is 12.0 Å². The molecule has 0 saturated carbocycles. The molecule has 1 atom stereocenters. The molecule has 0 fully saturated rings. The number of rotatable bonds is 4. The van der Waals surface area contributed by atoms with Crippen molar-refractivity contribution in [2.75, 3.05) is 0 Å². The van der Waals surface area contributed by atoms with E-state index in [1.807, 2.05) is 0 Å². The van der Waals surface area contributed by atoms with Crippen molar-refractivity contribution >= 4 is 28.0 Å². The molecule has 0 aliphatic rings. The quantitative estimate of drug-likeness (QED) is 0.863. The molecule has 0 saturated heterocycles. The number of carbonyl (C=O) groups excluding carboxylic acids is 1. The second-order valence-corrected chi connectivity index (χ2v) is 6.39. The Labute approximate surface area is 130 Å². The second kappa shape index (κ2) is 6.89. The summed E-state index contributed by atoms with van der Waals surface area (Å²) in [7, 11) is 0. The fourth-order valence-corrected chi connectivity index (χ4v) is 1.98. The molecule has 1 aromatic rings. The molecule has 5 nitrogen and oxygen atoms in total. The van der Waals surface area contributed by atoms with Gasteiger partial charge in [-0.1, -0.05) is 15.9 Å². The Morgan fingerprint density at radius 2 is 2.05 bits per heavy atom. The van der Waals surface area contributed by atoms with Crippen molar-refractivity contribution in [2.45, 2.75) is 38.8 Å². The Balaban J connectivity index is 2.81. The summed E-state index contributed by atoms with van der Waals surface area (Å²) in [5, 5.41) is 11.4. The number of amides is 1. The lowest BCUT2D eigenvalue weighted by Crippen LogP contribution is -2.44. The molecule has 1 rings (SSSR count). The summed E-state index contributed by atoms with van der Waals surface area (Å²) in [4.78, 5) is 22.8. The first-order chi connectivity index (χ1) is 9.58. The standard InChI is InChI=1S/C14H17BrFNO4/c1-14(2,3)21-13(20)17-11(12(18)19)7-8-6-9(15)4-5-10(8)16/h4-6,11H,7H2,1-3H3,(H,17,20)(H,18,19)/t11-/m1/s1. The molecule has 116 valence electrons. The largest absolute Gasteiger partial charge is 0.480 e. The number of alkyl carbamates (subject to hydrolysis) is 1. The zero-order chi connectivity index (χ0) is 16.2. The van der Waals surface area contributed by atoms with Crippen LogP contribution < -0.4 is 5.32 Å². The van der Waals surface area contributed by atoms with Crippen LogP contribution in [-0.4, -0.2) is 28.8 Å². The number of carboxylic acid groups (broad SMARTS) is 1. The molecule has 0 heterocycles. The summed E-state index contributed by atoms with van der Waals surface area (Å²) < 4.78 is 19.3. The Bertz CT molecular complexity index is 542. The van der Waals surface area contributed by atoms with Crippen molar-refractivity contribution in [3.8, 4) is 0 Å². The number of carboxylic acids is 1. The summed E-state index contributed by atoms with van der Waals surface area (Å²) in [6, 6.07) is 2.94. The number of ether oxygens (including phenoxy) is 1. The van der Waals surface area contributed by atoms with Crippen molar-refractivity contribution in [1.82, 2.24) is 5.32 Å². The smallest absolute Gasteiger partial charge is 0.408 e. The summed E-state index contributed by atoms with van der Waals surface area (Å²) in [5.41, 5.74) is -0.554. The van der Waals surface area contributed by atoms with Gasteiger partial charge in [0.15, 0.2) is 0 Å². The van der Waals surface area contributed by atoms with E-state index in [0.29, 0.717) is 4.47 Å². The fraction of sp³-hybridized carbons (Fsp3) is 0.429. The summed E-state index contributed by atoms with van der Waals surface area (Å²) in [5.74, 6) is -1.80. The van der Waals surface area contributed by atoms with Crippen LogP contribution in [0.25, 0.3) is 0 Å². The van der Waals surface area contributed by atoms with E-state index in [4.69, 9.17) is 9.84 Å². The van der Waals surface area contributed by atoms with Gasteiger partial charge in [0.05, 0.1) is 0 Å². The van der Waals surface area contributed by atoms with Gasteiger partial charge in [-0.05, 0) is 44.5 Å². The first-order valence-corrected chi connectivity index (χ1v) is 7.04. The van der Waals surface area contributed by atoms with Gasteiger partial charge in [0.1, 0.15) is 17.5 Å². The molecule has 21 heavy (non-hydrogen) atoms. The Morgan fingerprint density at radius 3 is 2.57 bits per heavy atom. The van der Waals surface area contributed by atoms with E-state index < -0.39 is 29.5 Å². The molecule has 7 heteroatoms. The van der Waals surface area contributed by atoms with Crippen molar-refractivity contribution in [2.24, 2.45) is 0 Å². The molecule has 1 amide bonds. The van der Waals surface area contributed by atoms with E-state index in [1.165, 1.54) is 18.2 Å². The number of carbonyl (C=O) groups is 2. The Kier molecular flexibility index (Phi) is 5.71. The van der Waals surface area contributed by atoms with Crippen LogP contribution >= 0.6 is 15.9 Å². The van der Waals surface area contributed by atoms with Gasteiger partial charge in [-0.2, -0.15) is 0 Å². The van der Waals surface area contributed by atoms with Crippen LogP contribution in [0.3, 0.4) is 0 Å². The van der Waals surface area contributed by atoms with Crippen LogP contribution in [0.1, 0.15) is 26.3 Å². The molecule has 2 N–H and O–H groups in total. The highest BCUT2D eigenvalue weighted by Crippen LogP contribution is 2.17. The lowest BCUT2D eigenvalue weighted by atomic mass is 10.1. The lowest BCUT2D eigenvalue weighted by Gasteiger charge is -2.22. The molecule has 0 aromatic heterocycles. The number of nitrogens with one attached hydrogen (secondary N) is 1. The maximum atomic E-state index is 13.6. The van der Waals surface area contributed by atoms with Crippen LogP contribution in [0.15, 0.2) is 22.7 Å². The maximum Gasteiger partial charge on any atom is 0.408 e. The van der Waals surface area contributed by atoms with Crippen molar-refractivity contribution < 1.29 is 23.8 Å². The Hall–Kier alpha value is -1.63. The predicted molar refractivity (Wildman–Crippen MR) is 78.6 cm³/mol. The number of halogens is 2. The number of benzene rings is 1. The SMILES string of the molecule is CC(C)(C)OC(=O)N[C@H](Cc1cc(Br)ccc1F)C(=O)O. The maximum absolute atomic E-state index is 13.6. The van der Waals surface area contributed by atoms with Crippen LogP contribution in [0.4, 0.5) is 9.18 Å². The summed E-state index contributed by atoms with van der Waals surface area (Å²) in [6.45, 7) is 4.99. The van der Waals surface area contributed by atoms with Gasteiger partial charge in [-0.15, -0.1) is 0 Å². The van der Waals surface area contributed by atoms with Crippen LogP contribution in [0.2, 0.25) is 0 Å². The molecule has 0 radical (unpaired) electrons. The third kappa shape index (κ3) is 6.12. The minimum absolute atomic E-state index is 0.181. The van der Waals surface area contributed by atoms with E-state index in [1.54, 1.807) is 20.8 Å². The average Bonchev–Trinajstić information content (AvgIpc) is 2.30. The van der Waals surface area contributed by atoms with Crippen molar-refractivity contribution in [1.29, 1.82) is 0 Å². The zero-order valence-electron chi connectivity index (χ0n) is 11.9. The minimum atomic E-state index is -1.27. The molecule has 0 aliphatic heterocycles. The molecular weight excluding hydrogens is 345 g/mol. The highest BCUT2D eigenvalue weighted by Gasteiger charge is 2.25. The van der Waals surface area contributed by atoms with Crippen LogP contribution in [0, 0.1) is 5.82 Å². The predicted octanol–water partition coefficient (Wildman–Crippen LogP) is 3.11. The van der Waals surface area contributed by atoms with Gasteiger partial charge in [-0.25, -0.2) is 14.0 Å². The van der Waals surface area contributed by atoms with Gasteiger partial charge in [0, 0.05) is 10.9 Å². The molecule has 0 aliphatic carbocycles. The fourth-order valence-electron chi connectivity index (χ4n) is 1.57. The molecule has 0 spiro atoms. The average molecular weight is 362 g/mol. The van der Waals surface area contributed by atoms with E-state index in [9.17, 15) is 14.0 Å². The third-order valence-electron chi connectivity index (χ3n) is 2.42. The summed E-state index contributed by atoms with van der Waals surface area (Å²) in [6.07, 6.45) is -1.04. The highest BCUT2D eigenvalue weighted by molar-refractivity contribution is 9.10. The van der Waals surface area contributed by atoms with Gasteiger partial charge < -0.3 is 15.2 Å². The number of aliphatic carboxylic acids is 1. The number of hydrogen-bond acceptors (Lipinski definition) is 3. The molecule has 1 aromatic carbocycles. The highest BCUT2D eigenvalue weighted by atomic mass is 79.9. The molecule has 0 unspecified atom stereocenters. The van der Waals surface area contributed by atoms with Gasteiger partial charge >= 0.3 is 12.1 Å². The van der Waals surface area contributed by atoms with E-state index in [0.717, 1.165) is 0 Å². The summed E-state index contributed by atoms with van der Waals surface area (Å²) >= 11 is 3.19. The third-order valence-corrected chi connectivity index (χ3v) is 2.91. The normalized spacial score (nSPS) is 12.6. The van der Waals surface area contributed by atoms with Gasteiger partial charge in [0.2, 0.25) is 0 Å². The van der Waals surface area contributed by atoms with Crippen molar-refractivity contribution in [3.63, 3.8) is 0 Å². The first-order valence-electron chi connectivity index (χ1n) is 6.25.